The second kappa shape index (κ2) is 2.72. The third-order valence-electron chi connectivity index (χ3n) is 2.04. The Morgan fingerprint density at radius 1 is 1.42 bits per heavy atom. The minimum atomic E-state index is -3.50. The monoisotopic (exact) mass is 222 g/mol. The number of aryl methyl sites for hydroxylation is 1. The zero-order valence-corrected chi connectivity index (χ0v) is 8.60. The molecule has 5 heteroatoms. The molecule has 66 valence electrons. The SMILES string of the molecule is O=S(=O)(Cl)c1csc2c1CCC2. The predicted octanol–water partition coefficient (Wildman–Crippen LogP) is 2.16. The van der Waals surface area contributed by atoms with Crippen molar-refractivity contribution >= 4 is 31.1 Å². The van der Waals surface area contributed by atoms with Crippen LogP contribution in [-0.4, -0.2) is 8.42 Å². The Labute approximate surface area is 79.6 Å². The van der Waals surface area contributed by atoms with E-state index in [0.29, 0.717) is 4.90 Å². The Bertz CT molecular complexity index is 405. The van der Waals surface area contributed by atoms with Gasteiger partial charge in [-0.1, -0.05) is 0 Å². The first-order valence-corrected chi connectivity index (χ1v) is 6.82. The molecule has 1 aromatic rings. The van der Waals surface area contributed by atoms with Gasteiger partial charge in [-0.2, -0.15) is 0 Å². The number of fused-ring (bicyclic) bond motifs is 1. The fraction of sp³-hybridized carbons (Fsp3) is 0.429. The Morgan fingerprint density at radius 3 is 2.83 bits per heavy atom. The molecule has 1 aliphatic rings. The van der Waals surface area contributed by atoms with E-state index in [1.54, 1.807) is 5.38 Å². The fourth-order valence-corrected chi connectivity index (χ4v) is 4.31. The molecule has 0 saturated heterocycles. The first-order valence-electron chi connectivity index (χ1n) is 3.63. The van der Waals surface area contributed by atoms with Crippen molar-refractivity contribution < 1.29 is 8.42 Å². The lowest BCUT2D eigenvalue weighted by Gasteiger charge is -1.93. The summed E-state index contributed by atoms with van der Waals surface area (Å²) in [7, 11) is 1.76. The van der Waals surface area contributed by atoms with Gasteiger partial charge >= 0.3 is 0 Å². The summed E-state index contributed by atoms with van der Waals surface area (Å²) in [5.74, 6) is 0. The van der Waals surface area contributed by atoms with Crippen molar-refractivity contribution in [3.05, 3.63) is 15.8 Å². The number of halogens is 1. The fourth-order valence-electron chi connectivity index (χ4n) is 1.51. The summed E-state index contributed by atoms with van der Waals surface area (Å²) < 4.78 is 22.1. The molecule has 0 unspecified atom stereocenters. The minimum Gasteiger partial charge on any atom is -0.207 e. The normalized spacial score (nSPS) is 16.4. The second-order valence-corrected chi connectivity index (χ2v) is 6.29. The van der Waals surface area contributed by atoms with Gasteiger partial charge in [0.15, 0.2) is 0 Å². The van der Waals surface area contributed by atoms with E-state index < -0.39 is 9.05 Å². The van der Waals surface area contributed by atoms with Gasteiger partial charge in [0.25, 0.3) is 9.05 Å². The molecule has 0 bridgehead atoms. The van der Waals surface area contributed by atoms with Crippen LogP contribution in [0, 0.1) is 0 Å². The number of thiophene rings is 1. The van der Waals surface area contributed by atoms with E-state index in [0.717, 1.165) is 24.8 Å². The maximum absolute atomic E-state index is 11.0. The van der Waals surface area contributed by atoms with E-state index in [9.17, 15) is 8.42 Å². The first-order chi connectivity index (χ1) is 5.59. The van der Waals surface area contributed by atoms with Crippen molar-refractivity contribution in [2.45, 2.75) is 24.2 Å². The molecule has 1 aliphatic carbocycles. The first kappa shape index (κ1) is 8.53. The maximum atomic E-state index is 11.0. The van der Waals surface area contributed by atoms with Crippen LogP contribution in [0.5, 0.6) is 0 Å². The predicted molar refractivity (Wildman–Crippen MR) is 49.4 cm³/mol. The lowest BCUT2D eigenvalue weighted by Crippen LogP contribution is -1.91. The average Bonchev–Trinajstić information content (AvgIpc) is 2.37. The molecule has 0 spiro atoms. The molecular weight excluding hydrogens is 216 g/mol. The van der Waals surface area contributed by atoms with Gasteiger partial charge in [0, 0.05) is 20.9 Å². The van der Waals surface area contributed by atoms with Gasteiger partial charge < -0.3 is 0 Å². The van der Waals surface area contributed by atoms with Crippen LogP contribution >= 0.6 is 22.0 Å². The highest BCUT2D eigenvalue weighted by molar-refractivity contribution is 8.13. The summed E-state index contributed by atoms with van der Waals surface area (Å²) in [6.07, 6.45) is 2.92. The smallest absolute Gasteiger partial charge is 0.207 e. The van der Waals surface area contributed by atoms with Crippen molar-refractivity contribution in [1.82, 2.24) is 0 Å². The van der Waals surface area contributed by atoms with Crippen molar-refractivity contribution in [3.8, 4) is 0 Å². The Hall–Kier alpha value is -0.0600. The van der Waals surface area contributed by atoms with Crippen molar-refractivity contribution in [3.63, 3.8) is 0 Å². The van der Waals surface area contributed by atoms with E-state index in [-0.39, 0.29) is 0 Å². The highest BCUT2D eigenvalue weighted by Crippen LogP contribution is 2.35. The average molecular weight is 223 g/mol. The third-order valence-corrected chi connectivity index (χ3v) is 4.66. The van der Waals surface area contributed by atoms with Crippen LogP contribution in [0.3, 0.4) is 0 Å². The Kier molecular flexibility index (Phi) is 1.93. The van der Waals surface area contributed by atoms with Crippen LogP contribution < -0.4 is 0 Å². The van der Waals surface area contributed by atoms with Gasteiger partial charge in [0.1, 0.15) is 0 Å². The van der Waals surface area contributed by atoms with E-state index >= 15 is 0 Å². The van der Waals surface area contributed by atoms with Crippen LogP contribution in [0.1, 0.15) is 16.9 Å². The molecule has 0 amide bonds. The van der Waals surface area contributed by atoms with Crippen LogP contribution in [0.4, 0.5) is 0 Å². The summed E-state index contributed by atoms with van der Waals surface area (Å²) in [6.45, 7) is 0. The largest absolute Gasteiger partial charge is 0.262 e. The standard InChI is InChI=1S/C7H7ClO2S2/c8-12(9,10)7-4-11-6-3-1-2-5(6)7/h4H,1-3H2. The van der Waals surface area contributed by atoms with Crippen LogP contribution in [-0.2, 0) is 21.9 Å². The number of hydrogen-bond acceptors (Lipinski definition) is 3. The van der Waals surface area contributed by atoms with Gasteiger partial charge in [-0.3, -0.25) is 0 Å². The molecule has 1 heterocycles. The summed E-state index contributed by atoms with van der Waals surface area (Å²) >= 11 is 1.50. The third kappa shape index (κ3) is 1.28. The minimum absolute atomic E-state index is 0.335. The lowest BCUT2D eigenvalue weighted by atomic mass is 10.3. The van der Waals surface area contributed by atoms with Crippen molar-refractivity contribution in [1.29, 1.82) is 0 Å². The maximum Gasteiger partial charge on any atom is 0.262 e. The van der Waals surface area contributed by atoms with Crippen LogP contribution in [0.2, 0.25) is 0 Å². The lowest BCUT2D eigenvalue weighted by molar-refractivity contribution is 0.609. The van der Waals surface area contributed by atoms with Crippen LogP contribution in [0.25, 0.3) is 0 Å². The van der Waals surface area contributed by atoms with Gasteiger partial charge in [-0.15, -0.1) is 11.3 Å². The summed E-state index contributed by atoms with van der Waals surface area (Å²) in [5, 5.41) is 1.64. The van der Waals surface area contributed by atoms with E-state index in [1.807, 2.05) is 0 Å². The molecule has 1 aromatic heterocycles. The molecule has 0 radical (unpaired) electrons. The quantitative estimate of drug-likeness (QED) is 0.683. The summed E-state index contributed by atoms with van der Waals surface area (Å²) in [5.41, 5.74) is 0.954. The molecule has 2 rings (SSSR count). The zero-order valence-electron chi connectivity index (χ0n) is 6.21. The topological polar surface area (TPSA) is 34.1 Å². The Morgan fingerprint density at radius 2 is 2.17 bits per heavy atom. The Balaban J connectivity index is 2.61. The van der Waals surface area contributed by atoms with E-state index in [4.69, 9.17) is 10.7 Å². The molecule has 0 aliphatic heterocycles. The van der Waals surface area contributed by atoms with E-state index in [2.05, 4.69) is 0 Å². The molecule has 0 atom stereocenters. The zero-order chi connectivity index (χ0) is 8.77. The van der Waals surface area contributed by atoms with Crippen LogP contribution in [0.15, 0.2) is 10.3 Å². The number of rotatable bonds is 1. The molecule has 0 aromatic carbocycles. The van der Waals surface area contributed by atoms with Gasteiger partial charge in [0.05, 0.1) is 4.90 Å². The summed E-state index contributed by atoms with van der Waals surface area (Å²) in [6, 6.07) is 0. The molecule has 0 saturated carbocycles. The van der Waals surface area contributed by atoms with Crippen molar-refractivity contribution in [2.24, 2.45) is 0 Å². The molecule has 2 nitrogen and oxygen atoms in total. The van der Waals surface area contributed by atoms with Gasteiger partial charge in [-0.25, -0.2) is 8.42 Å². The van der Waals surface area contributed by atoms with Gasteiger partial charge in [0.2, 0.25) is 0 Å². The molecule has 0 fully saturated rings. The number of hydrogen-bond donors (Lipinski definition) is 0. The molecular formula is C7H7ClO2S2. The highest BCUT2D eigenvalue weighted by atomic mass is 35.7. The van der Waals surface area contributed by atoms with Gasteiger partial charge in [-0.05, 0) is 24.8 Å². The molecule has 12 heavy (non-hydrogen) atoms. The molecule has 0 N–H and O–H groups in total. The van der Waals surface area contributed by atoms with Crippen molar-refractivity contribution in [2.75, 3.05) is 0 Å². The second-order valence-electron chi connectivity index (χ2n) is 2.79. The summed E-state index contributed by atoms with van der Waals surface area (Å²) in [4.78, 5) is 1.52. The highest BCUT2D eigenvalue weighted by Gasteiger charge is 2.23. The van der Waals surface area contributed by atoms with E-state index in [1.165, 1.54) is 16.2 Å².